The molecule has 0 aliphatic heterocycles. The van der Waals surface area contributed by atoms with Crippen LogP contribution in [0.1, 0.15) is 0 Å². The topological polar surface area (TPSA) is 22.8 Å². The van der Waals surface area contributed by atoms with Gasteiger partial charge in [-0.15, -0.1) is 0 Å². The fourth-order valence-electron chi connectivity index (χ4n) is 6.70. The second kappa shape index (κ2) is 8.92. The lowest BCUT2D eigenvalue weighted by atomic mass is 10.0. The van der Waals surface area contributed by atoms with E-state index in [1.165, 1.54) is 65.8 Å². The average molecular weight is 536 g/mol. The minimum absolute atomic E-state index is 1.10. The van der Waals surface area contributed by atoms with Gasteiger partial charge in [-0.2, -0.15) is 0 Å². The molecule has 0 saturated heterocycles. The molecule has 3 aromatic heterocycles. The summed E-state index contributed by atoms with van der Waals surface area (Å²) in [5, 5.41) is 7.34. The van der Waals surface area contributed by atoms with E-state index in [4.69, 9.17) is 0 Å². The molecule has 0 spiro atoms. The van der Waals surface area contributed by atoms with E-state index in [0.29, 0.717) is 0 Å². The molecule has 0 bridgehead atoms. The van der Waals surface area contributed by atoms with Gasteiger partial charge in [-0.05, 0) is 59.7 Å². The Kier molecular flexibility index (Phi) is 4.90. The summed E-state index contributed by atoms with van der Waals surface area (Å²) in [5.74, 6) is 0. The first-order valence-electron chi connectivity index (χ1n) is 14.3. The Balaban J connectivity index is 1.28. The van der Waals surface area contributed by atoms with Crippen LogP contribution < -0.4 is 0 Å². The van der Waals surface area contributed by atoms with Crippen LogP contribution in [-0.4, -0.2) is 14.1 Å². The normalized spacial score (nSPS) is 11.8. The van der Waals surface area contributed by atoms with Gasteiger partial charge in [0, 0.05) is 44.2 Å². The SMILES string of the molecule is c1ccc(-n2c3ccccc3c3cc(-c4ccc5c(c4)c4ccccc4n5-c4cncc5ccccc45)ccc32)cc1. The van der Waals surface area contributed by atoms with Gasteiger partial charge in [-0.1, -0.05) is 91.0 Å². The molecule has 3 heteroatoms. The van der Waals surface area contributed by atoms with Gasteiger partial charge >= 0.3 is 0 Å². The van der Waals surface area contributed by atoms with Crippen molar-refractivity contribution >= 4 is 54.4 Å². The van der Waals surface area contributed by atoms with Crippen molar-refractivity contribution in [3.8, 4) is 22.5 Å². The summed E-state index contributed by atoms with van der Waals surface area (Å²) in [6.45, 7) is 0. The van der Waals surface area contributed by atoms with Crippen molar-refractivity contribution in [3.05, 3.63) is 152 Å². The smallest absolute Gasteiger partial charge is 0.0723 e. The third kappa shape index (κ3) is 3.31. The van der Waals surface area contributed by atoms with Gasteiger partial charge in [0.05, 0.1) is 34.0 Å². The van der Waals surface area contributed by atoms with E-state index in [-0.39, 0.29) is 0 Å². The zero-order valence-electron chi connectivity index (χ0n) is 22.8. The predicted molar refractivity (Wildman–Crippen MR) is 176 cm³/mol. The van der Waals surface area contributed by atoms with E-state index in [2.05, 4.69) is 154 Å². The molecule has 0 unspecified atom stereocenters. The van der Waals surface area contributed by atoms with Crippen LogP contribution in [-0.2, 0) is 0 Å². The van der Waals surface area contributed by atoms with Crippen molar-refractivity contribution in [2.45, 2.75) is 0 Å². The predicted octanol–water partition coefficient (Wildman–Crippen LogP) is 10.1. The minimum atomic E-state index is 1.10. The highest BCUT2D eigenvalue weighted by Crippen LogP contribution is 2.38. The van der Waals surface area contributed by atoms with Gasteiger partial charge in [0.25, 0.3) is 0 Å². The lowest BCUT2D eigenvalue weighted by molar-refractivity contribution is 1.16. The van der Waals surface area contributed by atoms with Gasteiger partial charge in [0.1, 0.15) is 0 Å². The van der Waals surface area contributed by atoms with Crippen molar-refractivity contribution in [2.75, 3.05) is 0 Å². The molecular weight excluding hydrogens is 510 g/mol. The molecule has 0 atom stereocenters. The van der Waals surface area contributed by atoms with Crippen LogP contribution in [0.5, 0.6) is 0 Å². The summed E-state index contributed by atoms with van der Waals surface area (Å²) in [4.78, 5) is 4.60. The summed E-state index contributed by atoms with van der Waals surface area (Å²) < 4.78 is 4.73. The second-order valence-corrected chi connectivity index (χ2v) is 10.9. The summed E-state index contributed by atoms with van der Waals surface area (Å²) in [5.41, 5.74) is 9.49. The number of nitrogens with zero attached hydrogens (tertiary/aromatic N) is 3. The fraction of sp³-hybridized carbons (Fsp3) is 0. The van der Waals surface area contributed by atoms with Crippen LogP contribution in [0, 0.1) is 0 Å². The molecule has 0 aliphatic rings. The standard InChI is InChI=1S/C39H25N3/c1-2-11-29(12-3-1)41-35-16-8-6-14-31(35)33-22-26(18-20-37(33)41)27-19-21-38-34(23-27)32-15-7-9-17-36(32)42(38)39-25-40-24-28-10-4-5-13-30(28)39/h1-25H. The van der Waals surface area contributed by atoms with Crippen LogP contribution in [0.2, 0.25) is 0 Å². The lowest BCUT2D eigenvalue weighted by Gasteiger charge is -2.11. The van der Waals surface area contributed by atoms with E-state index in [1.807, 2.05) is 12.4 Å². The number of rotatable bonds is 3. The minimum Gasteiger partial charge on any atom is -0.309 e. The average Bonchev–Trinajstić information content (AvgIpc) is 3.57. The molecule has 0 aliphatic carbocycles. The first-order valence-corrected chi connectivity index (χ1v) is 14.3. The fourth-order valence-corrected chi connectivity index (χ4v) is 6.70. The number of para-hydroxylation sites is 3. The van der Waals surface area contributed by atoms with E-state index >= 15 is 0 Å². The maximum absolute atomic E-state index is 4.60. The first-order chi connectivity index (χ1) is 20.8. The van der Waals surface area contributed by atoms with Gasteiger partial charge < -0.3 is 9.13 Å². The molecule has 3 heterocycles. The van der Waals surface area contributed by atoms with E-state index in [1.54, 1.807) is 0 Å². The highest BCUT2D eigenvalue weighted by molar-refractivity contribution is 6.13. The lowest BCUT2D eigenvalue weighted by Crippen LogP contribution is -1.96. The highest BCUT2D eigenvalue weighted by atomic mass is 15.0. The zero-order valence-corrected chi connectivity index (χ0v) is 22.8. The Bertz CT molecular complexity index is 2460. The summed E-state index contributed by atoms with van der Waals surface area (Å²) in [7, 11) is 0. The number of hydrogen-bond acceptors (Lipinski definition) is 1. The molecule has 9 rings (SSSR count). The first kappa shape index (κ1) is 23.1. The van der Waals surface area contributed by atoms with Crippen LogP contribution in [0.3, 0.4) is 0 Å². The molecule has 196 valence electrons. The monoisotopic (exact) mass is 535 g/mol. The molecule has 0 N–H and O–H groups in total. The number of aromatic nitrogens is 3. The Morgan fingerprint density at radius 3 is 1.60 bits per heavy atom. The van der Waals surface area contributed by atoms with Crippen molar-refractivity contribution in [3.63, 3.8) is 0 Å². The van der Waals surface area contributed by atoms with Gasteiger partial charge in [0.2, 0.25) is 0 Å². The third-order valence-electron chi connectivity index (χ3n) is 8.58. The maximum Gasteiger partial charge on any atom is 0.0723 e. The molecule has 0 amide bonds. The summed E-state index contributed by atoms with van der Waals surface area (Å²) in [6, 6.07) is 50.2. The largest absolute Gasteiger partial charge is 0.309 e. The van der Waals surface area contributed by atoms with E-state index in [9.17, 15) is 0 Å². The number of hydrogen-bond donors (Lipinski definition) is 0. The van der Waals surface area contributed by atoms with Crippen molar-refractivity contribution in [1.82, 2.24) is 14.1 Å². The van der Waals surface area contributed by atoms with Gasteiger partial charge in [-0.3, -0.25) is 4.98 Å². The Hall–Kier alpha value is -5.67. The molecule has 9 aromatic rings. The van der Waals surface area contributed by atoms with Gasteiger partial charge in [0.15, 0.2) is 0 Å². The Morgan fingerprint density at radius 2 is 0.905 bits per heavy atom. The Labute approximate surface area is 242 Å². The molecule has 3 nitrogen and oxygen atoms in total. The van der Waals surface area contributed by atoms with Crippen molar-refractivity contribution in [2.24, 2.45) is 0 Å². The molecular formula is C39H25N3. The van der Waals surface area contributed by atoms with Crippen LogP contribution >= 0.6 is 0 Å². The number of fused-ring (bicyclic) bond motifs is 7. The Morgan fingerprint density at radius 1 is 0.381 bits per heavy atom. The molecule has 0 radical (unpaired) electrons. The van der Waals surface area contributed by atoms with Crippen LogP contribution in [0.4, 0.5) is 0 Å². The summed E-state index contributed by atoms with van der Waals surface area (Å²) >= 11 is 0. The molecule has 0 saturated carbocycles. The van der Waals surface area contributed by atoms with Crippen LogP contribution in [0.25, 0.3) is 76.9 Å². The quantitative estimate of drug-likeness (QED) is 0.221. The molecule has 0 fully saturated rings. The maximum atomic E-state index is 4.60. The second-order valence-electron chi connectivity index (χ2n) is 10.9. The molecule has 6 aromatic carbocycles. The number of pyridine rings is 1. The highest BCUT2D eigenvalue weighted by Gasteiger charge is 2.17. The summed E-state index contributed by atoms with van der Waals surface area (Å²) in [6.07, 6.45) is 3.92. The van der Waals surface area contributed by atoms with E-state index in [0.717, 1.165) is 11.1 Å². The number of benzene rings is 6. The van der Waals surface area contributed by atoms with E-state index < -0.39 is 0 Å². The van der Waals surface area contributed by atoms with Crippen molar-refractivity contribution < 1.29 is 0 Å². The third-order valence-corrected chi connectivity index (χ3v) is 8.58. The van der Waals surface area contributed by atoms with Crippen LogP contribution in [0.15, 0.2) is 152 Å². The molecule has 42 heavy (non-hydrogen) atoms. The van der Waals surface area contributed by atoms with Gasteiger partial charge in [-0.25, -0.2) is 0 Å². The van der Waals surface area contributed by atoms with Crippen molar-refractivity contribution in [1.29, 1.82) is 0 Å². The zero-order chi connectivity index (χ0) is 27.6.